The third kappa shape index (κ3) is 2.77. The van der Waals surface area contributed by atoms with Gasteiger partial charge in [-0.2, -0.15) is 10.3 Å². The Bertz CT molecular complexity index is 853. The summed E-state index contributed by atoms with van der Waals surface area (Å²) in [5.41, 5.74) is 8.36. The monoisotopic (exact) mass is 316 g/mol. The summed E-state index contributed by atoms with van der Waals surface area (Å²) in [7, 11) is 0. The van der Waals surface area contributed by atoms with Gasteiger partial charge in [0.1, 0.15) is 11.3 Å². The number of nitrogens with two attached hydrogens (primary N) is 1. The number of anilines is 1. The number of aromatic amines is 1. The van der Waals surface area contributed by atoms with Gasteiger partial charge >= 0.3 is 0 Å². The van der Waals surface area contributed by atoms with E-state index in [1.54, 1.807) is 24.3 Å². The van der Waals surface area contributed by atoms with E-state index < -0.39 is 0 Å². The van der Waals surface area contributed by atoms with Crippen LogP contribution < -0.4 is 5.73 Å². The van der Waals surface area contributed by atoms with Gasteiger partial charge in [0.15, 0.2) is 5.69 Å². The predicted octanol–water partition coefficient (Wildman–Crippen LogP) is 3.43. The van der Waals surface area contributed by atoms with Gasteiger partial charge in [0.25, 0.3) is 0 Å². The van der Waals surface area contributed by atoms with Crippen LogP contribution in [0.2, 0.25) is 5.02 Å². The first kappa shape index (κ1) is 13.7. The summed E-state index contributed by atoms with van der Waals surface area (Å²) in [6.45, 7) is 7.19. The van der Waals surface area contributed by atoms with Crippen molar-refractivity contribution in [2.75, 3.05) is 5.73 Å². The second-order valence-electron chi connectivity index (χ2n) is 4.21. The topological polar surface area (TPSA) is 84.8 Å². The Morgan fingerprint density at radius 3 is 3.00 bits per heavy atom. The van der Waals surface area contributed by atoms with E-state index in [1.165, 1.54) is 11.8 Å². The minimum Gasteiger partial charge on any atom is -0.384 e. The number of pyridine rings is 1. The van der Waals surface area contributed by atoms with Gasteiger partial charge in [-0.05, 0) is 17.7 Å². The maximum absolute atomic E-state index is 7.19. The lowest BCUT2D eigenvalue weighted by atomic mass is 10.2. The second-order valence-corrected chi connectivity index (χ2v) is 5.67. The van der Waals surface area contributed by atoms with Crippen LogP contribution in [0.25, 0.3) is 16.0 Å². The average Bonchev–Trinajstić information content (AvgIpc) is 2.93. The molecule has 3 N–H and O–H groups in total. The first-order valence-corrected chi connectivity index (χ1v) is 7.29. The first-order chi connectivity index (χ1) is 10.2. The molecule has 0 fully saturated rings. The number of hydrogen-bond donors (Lipinski definition) is 2. The van der Waals surface area contributed by atoms with Crippen molar-refractivity contribution in [2.45, 2.75) is 10.6 Å². The second kappa shape index (κ2) is 5.60. The van der Waals surface area contributed by atoms with E-state index in [9.17, 15) is 0 Å². The maximum Gasteiger partial charge on any atom is 0.204 e. The molecule has 0 saturated heterocycles. The average molecular weight is 317 g/mol. The van der Waals surface area contributed by atoms with Crippen LogP contribution in [0.5, 0.6) is 0 Å². The van der Waals surface area contributed by atoms with Crippen molar-refractivity contribution in [1.29, 1.82) is 0 Å². The van der Waals surface area contributed by atoms with Gasteiger partial charge in [-0.3, -0.25) is 0 Å². The molecule has 1 aromatic carbocycles. The van der Waals surface area contributed by atoms with Crippen LogP contribution in [-0.2, 0) is 5.75 Å². The summed E-state index contributed by atoms with van der Waals surface area (Å²) in [5, 5.41) is 11.1. The molecule has 21 heavy (non-hydrogen) atoms. The van der Waals surface area contributed by atoms with E-state index in [4.69, 9.17) is 23.9 Å². The van der Waals surface area contributed by atoms with E-state index in [0.29, 0.717) is 33.4 Å². The highest BCUT2D eigenvalue weighted by Gasteiger charge is 2.11. The Hall–Kier alpha value is -2.30. The molecular formula is C13H9ClN6S. The van der Waals surface area contributed by atoms with Gasteiger partial charge < -0.3 is 5.73 Å². The van der Waals surface area contributed by atoms with E-state index in [2.05, 4.69) is 25.2 Å². The Labute approximate surface area is 129 Å². The molecule has 3 rings (SSSR count). The van der Waals surface area contributed by atoms with Crippen molar-refractivity contribution >= 4 is 46.0 Å². The lowest BCUT2D eigenvalue weighted by Gasteiger charge is -2.06. The summed E-state index contributed by atoms with van der Waals surface area (Å²) in [4.78, 5) is 8.45. The summed E-state index contributed by atoms with van der Waals surface area (Å²) in [5.74, 6) is 0.972. The number of fused-ring (bicyclic) bond motifs is 1. The fourth-order valence-corrected chi connectivity index (χ4v) is 3.08. The van der Waals surface area contributed by atoms with Crippen molar-refractivity contribution in [2.24, 2.45) is 0 Å². The van der Waals surface area contributed by atoms with Crippen molar-refractivity contribution in [1.82, 2.24) is 20.4 Å². The summed E-state index contributed by atoms with van der Waals surface area (Å²) < 4.78 is 0. The number of thioether (sulfide) groups is 1. The molecule has 0 aliphatic heterocycles. The Kier molecular flexibility index (Phi) is 3.64. The van der Waals surface area contributed by atoms with E-state index in [1.807, 2.05) is 0 Å². The molecule has 0 atom stereocenters. The molecule has 0 unspecified atom stereocenters. The molecule has 0 spiro atoms. The molecule has 2 aromatic heterocycles. The van der Waals surface area contributed by atoms with Crippen LogP contribution in [0.1, 0.15) is 5.56 Å². The predicted molar refractivity (Wildman–Crippen MR) is 83.4 cm³/mol. The molecule has 0 bridgehead atoms. The van der Waals surface area contributed by atoms with Gasteiger partial charge in [0.2, 0.25) is 5.65 Å². The molecular weight excluding hydrogens is 308 g/mol. The fourth-order valence-electron chi connectivity index (χ4n) is 1.87. The van der Waals surface area contributed by atoms with Crippen LogP contribution in [0, 0.1) is 6.57 Å². The Morgan fingerprint density at radius 1 is 1.33 bits per heavy atom. The number of benzene rings is 1. The van der Waals surface area contributed by atoms with E-state index >= 15 is 0 Å². The number of rotatable bonds is 3. The van der Waals surface area contributed by atoms with Crippen molar-refractivity contribution in [3.05, 3.63) is 46.3 Å². The zero-order chi connectivity index (χ0) is 14.8. The Balaban J connectivity index is 1.92. The molecule has 0 aliphatic carbocycles. The highest BCUT2D eigenvalue weighted by molar-refractivity contribution is 7.98. The molecule has 0 saturated carbocycles. The highest BCUT2D eigenvalue weighted by Crippen LogP contribution is 2.33. The molecule has 3 aromatic rings. The van der Waals surface area contributed by atoms with Gasteiger partial charge in [-0.25, -0.2) is 9.83 Å². The zero-order valence-corrected chi connectivity index (χ0v) is 12.2. The smallest absolute Gasteiger partial charge is 0.204 e. The van der Waals surface area contributed by atoms with Crippen molar-refractivity contribution in [3.8, 4) is 0 Å². The molecule has 0 radical (unpaired) electrons. The molecule has 8 heteroatoms. The molecule has 104 valence electrons. The quantitative estimate of drug-likeness (QED) is 0.571. The number of halogens is 1. The van der Waals surface area contributed by atoms with Crippen LogP contribution in [0.3, 0.4) is 0 Å². The van der Waals surface area contributed by atoms with Gasteiger partial charge in [0, 0.05) is 15.7 Å². The van der Waals surface area contributed by atoms with Crippen molar-refractivity contribution in [3.63, 3.8) is 0 Å². The number of nitrogen functional groups attached to an aromatic ring is 1. The SMILES string of the molecule is [C-]#[N+]c1ccc(Cl)cc1CSc1cc(N)nc2n[nH]nc12. The zero-order valence-electron chi connectivity index (χ0n) is 10.7. The largest absolute Gasteiger partial charge is 0.384 e. The highest BCUT2D eigenvalue weighted by atomic mass is 35.5. The van der Waals surface area contributed by atoms with Gasteiger partial charge in [0.05, 0.1) is 6.57 Å². The van der Waals surface area contributed by atoms with Crippen LogP contribution in [-0.4, -0.2) is 20.4 Å². The van der Waals surface area contributed by atoms with Crippen LogP contribution >= 0.6 is 23.4 Å². The van der Waals surface area contributed by atoms with E-state index in [-0.39, 0.29) is 0 Å². The minimum atomic E-state index is 0.385. The lowest BCUT2D eigenvalue weighted by molar-refractivity contribution is 0.953. The molecule has 6 nitrogen and oxygen atoms in total. The van der Waals surface area contributed by atoms with Gasteiger partial charge in [-0.15, -0.1) is 16.9 Å². The standard InChI is InChI=1S/C13H9ClN6S/c1-16-9-3-2-8(14)4-7(9)6-21-10-5-11(15)17-13-12(10)18-20-19-13/h2-5H,6H2,(H3,15,17,18,19,20). The van der Waals surface area contributed by atoms with E-state index in [0.717, 1.165) is 10.5 Å². The molecule has 0 aliphatic rings. The first-order valence-electron chi connectivity index (χ1n) is 5.93. The number of H-pyrrole nitrogens is 1. The normalized spacial score (nSPS) is 10.7. The number of nitrogens with one attached hydrogen (secondary N) is 1. The number of aromatic nitrogens is 4. The van der Waals surface area contributed by atoms with Gasteiger partial charge in [-0.1, -0.05) is 23.7 Å². The third-order valence-electron chi connectivity index (χ3n) is 2.82. The Morgan fingerprint density at radius 2 is 2.19 bits per heavy atom. The maximum atomic E-state index is 7.19. The molecule has 2 heterocycles. The number of nitrogens with zero attached hydrogens (tertiary/aromatic N) is 4. The van der Waals surface area contributed by atoms with Crippen LogP contribution in [0.15, 0.2) is 29.2 Å². The summed E-state index contributed by atoms with van der Waals surface area (Å²) in [6.07, 6.45) is 0. The van der Waals surface area contributed by atoms with Crippen molar-refractivity contribution < 1.29 is 0 Å². The summed E-state index contributed by atoms with van der Waals surface area (Å²) in [6, 6.07) is 6.98. The fraction of sp³-hybridized carbons (Fsp3) is 0.0769. The summed E-state index contributed by atoms with van der Waals surface area (Å²) >= 11 is 7.50. The lowest BCUT2D eigenvalue weighted by Crippen LogP contribution is -1.92. The molecule has 0 amide bonds. The third-order valence-corrected chi connectivity index (χ3v) is 4.13. The van der Waals surface area contributed by atoms with Crippen LogP contribution in [0.4, 0.5) is 11.5 Å². The number of hydrogen-bond acceptors (Lipinski definition) is 5. The minimum absolute atomic E-state index is 0.385.